The Hall–Kier alpha value is -1.80. The number of anilines is 1. The molecule has 0 aliphatic carbocycles. The van der Waals surface area contributed by atoms with E-state index in [4.69, 9.17) is 0 Å². The van der Waals surface area contributed by atoms with E-state index in [1.165, 1.54) is 11.3 Å². The van der Waals surface area contributed by atoms with Crippen LogP contribution in [-0.2, 0) is 0 Å². The maximum Gasteiger partial charge on any atom is 0.0812 e. The summed E-state index contributed by atoms with van der Waals surface area (Å²) in [7, 11) is 4.07. The third kappa shape index (κ3) is 7.61. The van der Waals surface area contributed by atoms with Gasteiger partial charge in [0.2, 0.25) is 0 Å². The van der Waals surface area contributed by atoms with Crippen LogP contribution < -0.4 is 4.90 Å². The van der Waals surface area contributed by atoms with Crippen molar-refractivity contribution in [3.8, 4) is 0 Å². The molecule has 2 nitrogen and oxygen atoms in total. The minimum atomic E-state index is -0.517. The zero-order valence-electron chi connectivity index (χ0n) is 17.7. The predicted octanol–water partition coefficient (Wildman–Crippen LogP) is 6.09. The summed E-state index contributed by atoms with van der Waals surface area (Å²) in [6.07, 6.45) is 12.0. The molecule has 2 unspecified atom stereocenters. The summed E-state index contributed by atoms with van der Waals surface area (Å²) >= 11 is 0. The molecule has 0 fully saturated rings. The maximum atomic E-state index is 10.9. The number of allylic oxidation sites excluding steroid dienone is 3. The van der Waals surface area contributed by atoms with Crippen molar-refractivity contribution < 1.29 is 5.11 Å². The minimum absolute atomic E-state index is 0.268. The lowest BCUT2D eigenvalue weighted by atomic mass is 9.78. The van der Waals surface area contributed by atoms with Crippen LogP contribution in [0.1, 0.15) is 53.0 Å². The second-order valence-electron chi connectivity index (χ2n) is 8.22. The summed E-state index contributed by atoms with van der Waals surface area (Å²) < 4.78 is 0. The number of nitrogens with zero attached hydrogens (tertiary/aromatic N) is 1. The Morgan fingerprint density at radius 1 is 1.12 bits per heavy atom. The molecule has 0 aliphatic heterocycles. The van der Waals surface area contributed by atoms with Gasteiger partial charge in [0.05, 0.1) is 6.10 Å². The topological polar surface area (TPSA) is 23.5 Å². The molecule has 0 amide bonds. The first-order valence-electron chi connectivity index (χ1n) is 9.60. The SMILES string of the molecule is CC(C)=CCCC(C)(/C=C/C(C)C)C(O)/C=C/c1ccc(N(C)C)cc1. The second-order valence-corrected chi connectivity index (χ2v) is 8.22. The average molecular weight is 356 g/mol. The van der Waals surface area contributed by atoms with Gasteiger partial charge in [-0.25, -0.2) is 0 Å². The highest BCUT2D eigenvalue weighted by atomic mass is 16.3. The van der Waals surface area contributed by atoms with Crippen LogP contribution in [0.25, 0.3) is 6.08 Å². The van der Waals surface area contributed by atoms with E-state index in [2.05, 4.69) is 82.0 Å². The molecule has 144 valence electrons. The molecule has 0 spiro atoms. The molecule has 0 bridgehead atoms. The van der Waals surface area contributed by atoms with E-state index in [9.17, 15) is 5.11 Å². The van der Waals surface area contributed by atoms with Gasteiger partial charge in [0.15, 0.2) is 0 Å². The van der Waals surface area contributed by atoms with Gasteiger partial charge in [-0.3, -0.25) is 0 Å². The fraction of sp³-hybridized carbons (Fsp3) is 0.500. The normalized spacial score (nSPS) is 15.4. The van der Waals surface area contributed by atoms with E-state index in [0.717, 1.165) is 18.4 Å². The molecule has 1 aromatic rings. The molecule has 2 atom stereocenters. The average Bonchev–Trinajstić information content (AvgIpc) is 2.57. The largest absolute Gasteiger partial charge is 0.388 e. The summed E-state index contributed by atoms with van der Waals surface area (Å²) in [5.41, 5.74) is 3.34. The molecule has 0 saturated carbocycles. The Balaban J connectivity index is 2.92. The molecule has 26 heavy (non-hydrogen) atoms. The molecule has 0 radical (unpaired) electrons. The lowest BCUT2D eigenvalue weighted by Crippen LogP contribution is -2.28. The van der Waals surface area contributed by atoms with Crippen molar-refractivity contribution >= 4 is 11.8 Å². The van der Waals surface area contributed by atoms with Crippen LogP contribution in [0.4, 0.5) is 5.69 Å². The molecule has 0 aromatic heterocycles. The third-order valence-electron chi connectivity index (χ3n) is 4.65. The van der Waals surface area contributed by atoms with Gasteiger partial charge in [-0.1, -0.05) is 68.9 Å². The lowest BCUT2D eigenvalue weighted by Gasteiger charge is -2.30. The van der Waals surface area contributed by atoms with Gasteiger partial charge >= 0.3 is 0 Å². The van der Waals surface area contributed by atoms with Crippen LogP contribution in [0.2, 0.25) is 0 Å². The van der Waals surface area contributed by atoms with Crippen LogP contribution in [0.5, 0.6) is 0 Å². The van der Waals surface area contributed by atoms with Crippen LogP contribution in [0, 0.1) is 11.3 Å². The van der Waals surface area contributed by atoms with E-state index >= 15 is 0 Å². The van der Waals surface area contributed by atoms with Crippen molar-refractivity contribution in [3.05, 3.63) is 59.7 Å². The van der Waals surface area contributed by atoms with Gasteiger partial charge in [0.25, 0.3) is 0 Å². The van der Waals surface area contributed by atoms with Gasteiger partial charge in [-0.15, -0.1) is 0 Å². The van der Waals surface area contributed by atoms with Gasteiger partial charge < -0.3 is 10.0 Å². The van der Waals surface area contributed by atoms with Crippen molar-refractivity contribution in [1.29, 1.82) is 0 Å². The van der Waals surface area contributed by atoms with Crippen molar-refractivity contribution in [2.45, 2.75) is 53.6 Å². The number of rotatable bonds is 9. The summed E-state index contributed by atoms with van der Waals surface area (Å²) in [6.45, 7) is 10.7. The van der Waals surface area contributed by atoms with E-state index < -0.39 is 6.10 Å². The minimum Gasteiger partial charge on any atom is -0.388 e. The van der Waals surface area contributed by atoms with Gasteiger partial charge in [-0.2, -0.15) is 0 Å². The summed E-state index contributed by atoms with van der Waals surface area (Å²) in [5, 5.41) is 10.9. The molecule has 0 aliphatic rings. The fourth-order valence-electron chi connectivity index (χ4n) is 2.72. The Kier molecular flexibility index (Phi) is 8.87. The highest BCUT2D eigenvalue weighted by Gasteiger charge is 2.27. The fourth-order valence-corrected chi connectivity index (χ4v) is 2.72. The van der Waals surface area contributed by atoms with E-state index in [-0.39, 0.29) is 5.41 Å². The standard InChI is InChI=1S/C24H37NO/c1-19(2)9-8-17-24(5,18-16-20(3)4)23(26)15-12-21-10-13-22(14-11-21)25(6)7/h9-16,18,20,23,26H,8,17H2,1-7H3/b15-12+,18-16+. The van der Waals surface area contributed by atoms with E-state index in [0.29, 0.717) is 5.92 Å². The summed E-state index contributed by atoms with van der Waals surface area (Å²) in [5.74, 6) is 0.479. The second kappa shape index (κ2) is 10.4. The quantitative estimate of drug-likeness (QED) is 0.542. The van der Waals surface area contributed by atoms with Gasteiger partial charge in [0.1, 0.15) is 0 Å². The van der Waals surface area contributed by atoms with E-state index in [1.54, 1.807) is 0 Å². The van der Waals surface area contributed by atoms with Gasteiger partial charge in [0, 0.05) is 25.2 Å². The summed E-state index contributed by atoms with van der Waals surface area (Å²) in [4.78, 5) is 2.08. The Labute approximate surface area is 160 Å². The third-order valence-corrected chi connectivity index (χ3v) is 4.65. The maximum absolute atomic E-state index is 10.9. The zero-order valence-corrected chi connectivity index (χ0v) is 17.7. The monoisotopic (exact) mass is 355 g/mol. The Morgan fingerprint density at radius 2 is 1.73 bits per heavy atom. The van der Waals surface area contributed by atoms with Crippen LogP contribution in [-0.4, -0.2) is 25.3 Å². The Morgan fingerprint density at radius 3 is 2.23 bits per heavy atom. The van der Waals surface area contributed by atoms with Crippen molar-refractivity contribution in [2.75, 3.05) is 19.0 Å². The van der Waals surface area contributed by atoms with Crippen molar-refractivity contribution in [3.63, 3.8) is 0 Å². The first kappa shape index (κ1) is 22.2. The number of hydrogen-bond donors (Lipinski definition) is 1. The molecule has 1 rings (SSSR count). The predicted molar refractivity (Wildman–Crippen MR) is 117 cm³/mol. The van der Waals surface area contributed by atoms with Gasteiger partial charge in [-0.05, 0) is 50.3 Å². The number of hydrogen-bond acceptors (Lipinski definition) is 2. The molecular formula is C24H37NO. The molecule has 2 heteroatoms. The Bertz CT molecular complexity index is 618. The zero-order chi connectivity index (χ0) is 19.7. The molecular weight excluding hydrogens is 318 g/mol. The molecule has 0 heterocycles. The summed E-state index contributed by atoms with van der Waals surface area (Å²) in [6, 6.07) is 8.36. The molecule has 1 aromatic carbocycles. The van der Waals surface area contributed by atoms with Crippen LogP contribution in [0.15, 0.2) is 54.1 Å². The van der Waals surface area contributed by atoms with E-state index in [1.807, 2.05) is 26.2 Å². The molecule has 0 saturated heterocycles. The number of aliphatic hydroxyl groups excluding tert-OH is 1. The highest BCUT2D eigenvalue weighted by molar-refractivity contribution is 5.55. The first-order valence-corrected chi connectivity index (χ1v) is 9.60. The highest BCUT2D eigenvalue weighted by Crippen LogP contribution is 2.32. The lowest BCUT2D eigenvalue weighted by molar-refractivity contribution is 0.107. The van der Waals surface area contributed by atoms with Crippen LogP contribution >= 0.6 is 0 Å². The van der Waals surface area contributed by atoms with Crippen molar-refractivity contribution in [2.24, 2.45) is 11.3 Å². The smallest absolute Gasteiger partial charge is 0.0812 e. The molecule has 1 N–H and O–H groups in total. The van der Waals surface area contributed by atoms with Crippen LogP contribution in [0.3, 0.4) is 0 Å². The van der Waals surface area contributed by atoms with Crippen molar-refractivity contribution in [1.82, 2.24) is 0 Å². The number of aliphatic hydroxyl groups is 1. The first-order chi connectivity index (χ1) is 12.1. The number of benzene rings is 1.